The molecule has 0 aliphatic heterocycles. The maximum absolute atomic E-state index is 4.63. The highest BCUT2D eigenvalue weighted by atomic mass is 32.1. The van der Waals surface area contributed by atoms with E-state index in [1.54, 1.807) is 11.3 Å². The molecule has 2 unspecified atom stereocenters. The van der Waals surface area contributed by atoms with Crippen molar-refractivity contribution in [1.82, 2.24) is 15.3 Å². The van der Waals surface area contributed by atoms with E-state index < -0.39 is 0 Å². The summed E-state index contributed by atoms with van der Waals surface area (Å²) in [6.07, 6.45) is 6.20. The van der Waals surface area contributed by atoms with E-state index in [4.69, 9.17) is 0 Å². The summed E-state index contributed by atoms with van der Waals surface area (Å²) in [4.78, 5) is 9.22. The van der Waals surface area contributed by atoms with Gasteiger partial charge >= 0.3 is 0 Å². The number of rotatable bonds is 3. The molecule has 0 bridgehead atoms. The van der Waals surface area contributed by atoms with E-state index in [0.717, 1.165) is 18.4 Å². The van der Waals surface area contributed by atoms with Gasteiger partial charge in [0.25, 0.3) is 0 Å². The summed E-state index contributed by atoms with van der Waals surface area (Å²) in [5, 5.41) is 5.58. The van der Waals surface area contributed by atoms with Crippen molar-refractivity contribution in [2.24, 2.45) is 0 Å². The van der Waals surface area contributed by atoms with Crippen LogP contribution in [0.15, 0.2) is 42.0 Å². The number of likely N-dealkylation sites (N-methyl/N-ethyl adjacent to an activating group) is 1. The highest BCUT2D eigenvalue weighted by molar-refractivity contribution is 7.17. The number of hydrogen-bond donors (Lipinski definition) is 1. The fourth-order valence-electron chi connectivity index (χ4n) is 3.40. The van der Waals surface area contributed by atoms with Crippen molar-refractivity contribution >= 4 is 21.6 Å². The van der Waals surface area contributed by atoms with Gasteiger partial charge in [0.1, 0.15) is 0 Å². The van der Waals surface area contributed by atoms with E-state index in [1.807, 2.05) is 25.5 Å². The average Bonchev–Trinajstić information content (AvgIpc) is 3.15. The molecular formula is C17H17N3S. The Labute approximate surface area is 128 Å². The van der Waals surface area contributed by atoms with Crippen LogP contribution in [0.1, 0.15) is 35.2 Å². The van der Waals surface area contributed by atoms with Crippen molar-refractivity contribution in [3.8, 4) is 0 Å². The zero-order valence-electron chi connectivity index (χ0n) is 11.9. The van der Waals surface area contributed by atoms with Crippen LogP contribution in [0.5, 0.6) is 0 Å². The van der Waals surface area contributed by atoms with Gasteiger partial charge in [0, 0.05) is 30.0 Å². The quantitative estimate of drug-likeness (QED) is 0.801. The Bertz CT molecular complexity index is 780. The van der Waals surface area contributed by atoms with Crippen LogP contribution >= 0.6 is 11.3 Å². The zero-order valence-corrected chi connectivity index (χ0v) is 12.7. The number of hydrogen-bond acceptors (Lipinski definition) is 4. The first-order chi connectivity index (χ1) is 10.4. The summed E-state index contributed by atoms with van der Waals surface area (Å²) >= 11 is 1.75. The molecule has 0 spiro atoms. The van der Waals surface area contributed by atoms with Crippen LogP contribution in [-0.4, -0.2) is 17.0 Å². The number of nitrogens with zero attached hydrogens (tertiary/aromatic N) is 2. The molecule has 1 aliphatic rings. The van der Waals surface area contributed by atoms with Gasteiger partial charge in [0.05, 0.1) is 10.2 Å². The molecule has 0 amide bonds. The highest BCUT2D eigenvalue weighted by Crippen LogP contribution is 2.40. The summed E-state index contributed by atoms with van der Waals surface area (Å²) in [6.45, 7) is 0. The summed E-state index contributed by atoms with van der Waals surface area (Å²) in [6, 6.07) is 8.87. The second-order valence-electron chi connectivity index (χ2n) is 5.53. The van der Waals surface area contributed by atoms with Crippen molar-refractivity contribution in [2.45, 2.75) is 24.8 Å². The molecule has 4 heteroatoms. The van der Waals surface area contributed by atoms with Crippen molar-refractivity contribution in [2.75, 3.05) is 7.05 Å². The normalized spacial score (nSPS) is 18.8. The molecule has 4 rings (SSSR count). The summed E-state index contributed by atoms with van der Waals surface area (Å²) in [5.74, 6) is 0.436. The standard InChI is InChI=1S/C17H17N3S/c1-18-16(12-9-15-14(20-10-12)6-8-21-15)13-5-4-11-3-2-7-19-17(11)13/h2-3,6-10,13,16,18H,4-5H2,1H3. The van der Waals surface area contributed by atoms with Gasteiger partial charge < -0.3 is 5.32 Å². The van der Waals surface area contributed by atoms with Crippen molar-refractivity contribution in [1.29, 1.82) is 0 Å². The van der Waals surface area contributed by atoms with Crippen LogP contribution < -0.4 is 5.32 Å². The Kier molecular flexibility index (Phi) is 3.20. The summed E-state index contributed by atoms with van der Waals surface area (Å²) in [5.41, 5.74) is 5.00. The molecule has 0 fully saturated rings. The lowest BCUT2D eigenvalue weighted by atomic mass is 9.91. The summed E-state index contributed by atoms with van der Waals surface area (Å²) in [7, 11) is 2.03. The molecule has 21 heavy (non-hydrogen) atoms. The molecule has 3 nitrogen and oxygen atoms in total. The maximum Gasteiger partial charge on any atom is 0.0809 e. The van der Waals surface area contributed by atoms with Crippen LogP contribution in [0.4, 0.5) is 0 Å². The Morgan fingerprint density at radius 3 is 3.19 bits per heavy atom. The molecule has 0 saturated heterocycles. The van der Waals surface area contributed by atoms with E-state index >= 15 is 0 Å². The van der Waals surface area contributed by atoms with Crippen LogP contribution in [-0.2, 0) is 6.42 Å². The molecule has 0 saturated carbocycles. The van der Waals surface area contributed by atoms with Crippen molar-refractivity contribution in [3.63, 3.8) is 0 Å². The Hall–Kier alpha value is -1.78. The number of pyridine rings is 2. The predicted molar refractivity (Wildman–Crippen MR) is 86.7 cm³/mol. The third-order valence-corrected chi connectivity index (χ3v) is 5.25. The van der Waals surface area contributed by atoms with E-state index in [2.05, 4.69) is 38.9 Å². The Morgan fingerprint density at radius 2 is 2.29 bits per heavy atom. The third-order valence-electron chi connectivity index (χ3n) is 4.40. The van der Waals surface area contributed by atoms with Crippen molar-refractivity contribution in [3.05, 3.63) is 58.9 Å². The second kappa shape index (κ2) is 5.20. The molecule has 106 valence electrons. The SMILES string of the molecule is CNC(c1cnc2ccsc2c1)C1CCc2cccnc21. The van der Waals surface area contributed by atoms with Gasteiger partial charge in [-0.25, -0.2) is 0 Å². The second-order valence-corrected chi connectivity index (χ2v) is 6.48. The monoisotopic (exact) mass is 295 g/mol. The van der Waals surface area contributed by atoms with E-state index in [0.29, 0.717) is 5.92 Å². The fourth-order valence-corrected chi connectivity index (χ4v) is 4.19. The minimum atomic E-state index is 0.278. The first kappa shape index (κ1) is 12.9. The minimum Gasteiger partial charge on any atom is -0.312 e. The van der Waals surface area contributed by atoms with Crippen LogP contribution in [0.3, 0.4) is 0 Å². The van der Waals surface area contributed by atoms with Crippen LogP contribution in [0.2, 0.25) is 0 Å². The molecule has 1 N–H and O–H groups in total. The lowest BCUT2D eigenvalue weighted by Gasteiger charge is -2.23. The van der Waals surface area contributed by atoms with Gasteiger partial charge in [0.15, 0.2) is 0 Å². The molecule has 3 aromatic rings. The van der Waals surface area contributed by atoms with Gasteiger partial charge in [0.2, 0.25) is 0 Å². The van der Waals surface area contributed by atoms with E-state index in [1.165, 1.54) is 21.5 Å². The largest absolute Gasteiger partial charge is 0.312 e. The number of aromatic nitrogens is 2. The lowest BCUT2D eigenvalue weighted by Crippen LogP contribution is -2.23. The average molecular weight is 295 g/mol. The topological polar surface area (TPSA) is 37.8 Å². The number of thiophene rings is 1. The first-order valence-electron chi connectivity index (χ1n) is 7.31. The van der Waals surface area contributed by atoms with Crippen molar-refractivity contribution < 1.29 is 0 Å². The fraction of sp³-hybridized carbons (Fsp3) is 0.294. The number of nitrogens with one attached hydrogen (secondary N) is 1. The predicted octanol–water partition coefficient (Wildman–Crippen LogP) is 3.68. The lowest BCUT2D eigenvalue weighted by molar-refractivity contribution is 0.469. The first-order valence-corrected chi connectivity index (χ1v) is 8.19. The maximum atomic E-state index is 4.63. The Balaban J connectivity index is 1.75. The van der Waals surface area contributed by atoms with Crippen LogP contribution in [0.25, 0.3) is 10.2 Å². The van der Waals surface area contributed by atoms with Gasteiger partial charge in [-0.15, -0.1) is 11.3 Å². The van der Waals surface area contributed by atoms with E-state index in [-0.39, 0.29) is 6.04 Å². The minimum absolute atomic E-state index is 0.278. The number of fused-ring (bicyclic) bond motifs is 2. The van der Waals surface area contributed by atoms with Gasteiger partial charge in [-0.2, -0.15) is 0 Å². The van der Waals surface area contributed by atoms with E-state index in [9.17, 15) is 0 Å². The zero-order chi connectivity index (χ0) is 14.2. The number of aryl methyl sites for hydroxylation is 1. The van der Waals surface area contributed by atoms with Gasteiger partial charge in [-0.05, 0) is 54.6 Å². The molecule has 1 aliphatic carbocycles. The van der Waals surface area contributed by atoms with Crippen LogP contribution in [0, 0.1) is 0 Å². The molecule has 0 aromatic carbocycles. The molecule has 3 aromatic heterocycles. The Morgan fingerprint density at radius 1 is 1.33 bits per heavy atom. The third kappa shape index (κ3) is 2.15. The molecule has 0 radical (unpaired) electrons. The van der Waals surface area contributed by atoms with Gasteiger partial charge in [-0.3, -0.25) is 9.97 Å². The molecular weight excluding hydrogens is 278 g/mol. The smallest absolute Gasteiger partial charge is 0.0809 e. The highest BCUT2D eigenvalue weighted by Gasteiger charge is 2.31. The molecule has 2 atom stereocenters. The van der Waals surface area contributed by atoms with Gasteiger partial charge in [-0.1, -0.05) is 6.07 Å². The molecule has 3 heterocycles. The summed E-state index contributed by atoms with van der Waals surface area (Å²) < 4.78 is 1.26.